The van der Waals surface area contributed by atoms with E-state index in [1.54, 1.807) is 31.2 Å². The first-order valence-corrected chi connectivity index (χ1v) is 5.40. The summed E-state index contributed by atoms with van der Waals surface area (Å²) in [6.45, 7) is 1.36. The highest BCUT2D eigenvalue weighted by Crippen LogP contribution is 2.28. The minimum Gasteiger partial charge on any atom is -0.493 e. The molecule has 1 unspecified atom stereocenters. The fourth-order valence-electron chi connectivity index (χ4n) is 1.38. The first kappa shape index (κ1) is 13.8. The average Bonchev–Trinajstić information content (AvgIpc) is 2.27. The number of aliphatic hydroxyl groups is 1. The van der Waals surface area contributed by atoms with E-state index in [4.69, 9.17) is 4.74 Å². The van der Waals surface area contributed by atoms with E-state index in [0.29, 0.717) is 17.7 Å². The van der Waals surface area contributed by atoms with Gasteiger partial charge in [-0.2, -0.15) is 13.2 Å². The van der Waals surface area contributed by atoms with Crippen molar-refractivity contribution in [1.82, 2.24) is 0 Å². The predicted molar refractivity (Wildman–Crippen MR) is 57.9 cm³/mol. The minimum atomic E-state index is -4.22. The molecule has 1 aromatic rings. The molecule has 0 amide bonds. The molecule has 0 heterocycles. The summed E-state index contributed by atoms with van der Waals surface area (Å²) < 4.78 is 40.9. The molecule has 1 N–H and O–H groups in total. The van der Waals surface area contributed by atoms with Crippen LogP contribution >= 0.6 is 0 Å². The molecular weight excluding hydrogens is 233 g/mol. The number of benzene rings is 1. The van der Waals surface area contributed by atoms with E-state index in [2.05, 4.69) is 0 Å². The lowest BCUT2D eigenvalue weighted by Crippen LogP contribution is -2.13. The Balaban J connectivity index is 2.64. The van der Waals surface area contributed by atoms with Crippen LogP contribution in [-0.4, -0.2) is 17.9 Å². The molecular formula is C12H15F3O2. The van der Waals surface area contributed by atoms with E-state index in [0.717, 1.165) is 0 Å². The number of halogens is 3. The molecule has 96 valence electrons. The van der Waals surface area contributed by atoms with Gasteiger partial charge in [0.05, 0.1) is 19.1 Å². The zero-order valence-corrected chi connectivity index (χ0v) is 9.50. The van der Waals surface area contributed by atoms with Crippen molar-refractivity contribution in [3.05, 3.63) is 29.8 Å². The second-order valence-corrected chi connectivity index (χ2v) is 3.68. The largest absolute Gasteiger partial charge is 0.493 e. The molecule has 0 aliphatic heterocycles. The maximum Gasteiger partial charge on any atom is 0.392 e. The second kappa shape index (κ2) is 5.91. The van der Waals surface area contributed by atoms with E-state index in [1.165, 1.54) is 0 Å². The summed E-state index contributed by atoms with van der Waals surface area (Å²) in [5.74, 6) is 0.311. The zero-order chi connectivity index (χ0) is 12.9. The Kier molecular flexibility index (Phi) is 4.81. The van der Waals surface area contributed by atoms with Crippen LogP contribution < -0.4 is 4.74 Å². The summed E-state index contributed by atoms with van der Waals surface area (Å²) >= 11 is 0. The summed E-state index contributed by atoms with van der Waals surface area (Å²) in [6.07, 6.45) is -5.45. The lowest BCUT2D eigenvalue weighted by molar-refractivity contribution is -0.139. The van der Waals surface area contributed by atoms with Gasteiger partial charge < -0.3 is 9.84 Å². The highest BCUT2D eigenvalue weighted by Gasteiger charge is 2.27. The third kappa shape index (κ3) is 4.65. The molecule has 1 atom stereocenters. The van der Waals surface area contributed by atoms with E-state index in [1.807, 2.05) is 0 Å². The Hall–Kier alpha value is -1.23. The predicted octanol–water partition coefficient (Wildman–Crippen LogP) is 3.46. The Morgan fingerprint density at radius 3 is 2.53 bits per heavy atom. The van der Waals surface area contributed by atoms with Gasteiger partial charge in [0.1, 0.15) is 5.75 Å². The molecule has 0 saturated carbocycles. The van der Waals surface area contributed by atoms with Crippen molar-refractivity contribution in [3.8, 4) is 5.75 Å². The number of ether oxygens (including phenoxy) is 1. The molecule has 5 heteroatoms. The van der Waals surface area contributed by atoms with Crippen LogP contribution in [0.4, 0.5) is 13.2 Å². The number of alkyl halides is 3. The first-order valence-electron chi connectivity index (χ1n) is 5.40. The van der Waals surface area contributed by atoms with Crippen LogP contribution in [0.15, 0.2) is 24.3 Å². The molecule has 0 fully saturated rings. The third-order valence-electron chi connectivity index (χ3n) is 2.31. The molecule has 0 bridgehead atoms. The van der Waals surface area contributed by atoms with Gasteiger partial charge in [0.25, 0.3) is 0 Å². The van der Waals surface area contributed by atoms with Crippen LogP contribution in [0.1, 0.15) is 31.4 Å². The Labute approximate surface area is 98.0 Å². The molecule has 0 radical (unpaired) electrons. The highest BCUT2D eigenvalue weighted by molar-refractivity contribution is 5.34. The minimum absolute atomic E-state index is 0.311. The number of hydrogen-bond acceptors (Lipinski definition) is 2. The highest BCUT2D eigenvalue weighted by atomic mass is 19.4. The Morgan fingerprint density at radius 2 is 1.94 bits per heavy atom. The summed E-state index contributed by atoms with van der Waals surface area (Å²) in [6, 6.07) is 6.58. The number of rotatable bonds is 5. The van der Waals surface area contributed by atoms with Gasteiger partial charge in [-0.15, -0.1) is 0 Å². The molecule has 0 spiro atoms. The number of aliphatic hydroxyl groups excluding tert-OH is 1. The van der Waals surface area contributed by atoms with Crippen LogP contribution in [0.5, 0.6) is 5.75 Å². The third-order valence-corrected chi connectivity index (χ3v) is 2.31. The molecule has 17 heavy (non-hydrogen) atoms. The van der Waals surface area contributed by atoms with Crippen molar-refractivity contribution < 1.29 is 23.0 Å². The number of hydrogen-bond donors (Lipinski definition) is 1. The lowest BCUT2D eigenvalue weighted by atomic mass is 10.1. The molecule has 0 aromatic heterocycles. The normalized spacial score (nSPS) is 13.5. The van der Waals surface area contributed by atoms with E-state index in [9.17, 15) is 18.3 Å². The van der Waals surface area contributed by atoms with Crippen molar-refractivity contribution in [2.24, 2.45) is 0 Å². The molecule has 1 rings (SSSR count). The second-order valence-electron chi connectivity index (χ2n) is 3.68. The fourth-order valence-corrected chi connectivity index (χ4v) is 1.38. The van der Waals surface area contributed by atoms with E-state index in [-0.39, 0.29) is 0 Å². The van der Waals surface area contributed by atoms with Crippen molar-refractivity contribution in [1.29, 1.82) is 0 Å². The van der Waals surface area contributed by atoms with Gasteiger partial charge in [-0.3, -0.25) is 0 Å². The van der Waals surface area contributed by atoms with Gasteiger partial charge >= 0.3 is 6.18 Å². The maximum absolute atomic E-state index is 12.0. The van der Waals surface area contributed by atoms with Gasteiger partial charge in [0.15, 0.2) is 0 Å². The van der Waals surface area contributed by atoms with Gasteiger partial charge in [-0.25, -0.2) is 0 Å². The summed E-state index contributed by atoms with van der Waals surface area (Å²) in [4.78, 5) is 0. The van der Waals surface area contributed by atoms with Gasteiger partial charge in [-0.1, -0.05) is 25.1 Å². The van der Waals surface area contributed by atoms with Crippen LogP contribution in [0.3, 0.4) is 0 Å². The van der Waals surface area contributed by atoms with Crippen molar-refractivity contribution in [2.75, 3.05) is 6.61 Å². The lowest BCUT2D eigenvalue weighted by Gasteiger charge is -2.15. The van der Waals surface area contributed by atoms with Gasteiger partial charge in [-0.05, 0) is 12.5 Å². The zero-order valence-electron chi connectivity index (χ0n) is 9.50. The summed E-state index contributed by atoms with van der Waals surface area (Å²) in [5, 5.41) is 9.67. The molecule has 1 aromatic carbocycles. The summed E-state index contributed by atoms with van der Waals surface area (Å²) in [7, 11) is 0. The first-order chi connectivity index (χ1) is 7.94. The SMILES string of the molecule is CCC(O)c1ccccc1OCCC(F)(F)F. The number of para-hydroxylation sites is 1. The molecule has 0 aliphatic rings. The smallest absolute Gasteiger partial charge is 0.392 e. The standard InChI is InChI=1S/C12H15F3O2/c1-2-10(16)9-5-3-4-6-11(9)17-8-7-12(13,14)15/h3-6,10,16H,2,7-8H2,1H3. The van der Waals surface area contributed by atoms with E-state index >= 15 is 0 Å². The van der Waals surface area contributed by atoms with E-state index < -0.39 is 25.3 Å². The van der Waals surface area contributed by atoms with Crippen molar-refractivity contribution in [3.63, 3.8) is 0 Å². The van der Waals surface area contributed by atoms with Crippen LogP contribution in [0, 0.1) is 0 Å². The average molecular weight is 248 g/mol. The van der Waals surface area contributed by atoms with Gasteiger partial charge in [0, 0.05) is 5.56 Å². The van der Waals surface area contributed by atoms with Gasteiger partial charge in [0.2, 0.25) is 0 Å². The van der Waals surface area contributed by atoms with Crippen molar-refractivity contribution >= 4 is 0 Å². The topological polar surface area (TPSA) is 29.5 Å². The maximum atomic E-state index is 12.0. The fraction of sp³-hybridized carbons (Fsp3) is 0.500. The van der Waals surface area contributed by atoms with Crippen LogP contribution in [-0.2, 0) is 0 Å². The monoisotopic (exact) mass is 248 g/mol. The molecule has 0 saturated heterocycles. The quantitative estimate of drug-likeness (QED) is 0.864. The van der Waals surface area contributed by atoms with Crippen molar-refractivity contribution in [2.45, 2.75) is 32.0 Å². The Morgan fingerprint density at radius 1 is 1.29 bits per heavy atom. The van der Waals surface area contributed by atoms with Crippen LogP contribution in [0.25, 0.3) is 0 Å². The molecule has 0 aliphatic carbocycles. The summed E-state index contributed by atoms with van der Waals surface area (Å²) in [5.41, 5.74) is 0.525. The molecule has 2 nitrogen and oxygen atoms in total. The van der Waals surface area contributed by atoms with Crippen LogP contribution in [0.2, 0.25) is 0 Å². The Bertz CT molecular complexity index is 350.